The first-order valence-electron chi connectivity index (χ1n) is 4.98. The Balaban J connectivity index is 2.37. The zero-order valence-corrected chi connectivity index (χ0v) is 8.32. The highest BCUT2D eigenvalue weighted by atomic mass is 16.5. The van der Waals surface area contributed by atoms with Gasteiger partial charge in [0.2, 0.25) is 0 Å². The molecule has 1 aliphatic carbocycles. The van der Waals surface area contributed by atoms with Crippen LogP contribution in [-0.4, -0.2) is 23.3 Å². The van der Waals surface area contributed by atoms with Gasteiger partial charge < -0.3 is 9.84 Å². The predicted octanol–water partition coefficient (Wildman–Crippen LogP) is 1.49. The number of ether oxygens (including phenoxy) is 1. The molecule has 1 unspecified atom stereocenters. The predicted molar refractivity (Wildman–Crippen MR) is 49.2 cm³/mol. The van der Waals surface area contributed by atoms with Crippen LogP contribution in [0, 0.1) is 5.92 Å². The van der Waals surface area contributed by atoms with Gasteiger partial charge in [-0.2, -0.15) is 0 Å². The van der Waals surface area contributed by atoms with Crippen molar-refractivity contribution in [3.05, 3.63) is 0 Å². The molecule has 2 atom stereocenters. The molecule has 1 saturated carbocycles. The van der Waals surface area contributed by atoms with Crippen molar-refractivity contribution in [1.82, 2.24) is 0 Å². The van der Waals surface area contributed by atoms with E-state index in [-0.39, 0.29) is 24.1 Å². The number of carbonyl (C=O) groups excluding carboxylic acids is 1. The number of hydrogen-bond donors (Lipinski definition) is 1. The maximum absolute atomic E-state index is 11.4. The fourth-order valence-electron chi connectivity index (χ4n) is 1.71. The molecule has 0 amide bonds. The van der Waals surface area contributed by atoms with Gasteiger partial charge in [-0.3, -0.25) is 4.79 Å². The topological polar surface area (TPSA) is 46.5 Å². The summed E-state index contributed by atoms with van der Waals surface area (Å²) in [5.74, 6) is -0.222. The third-order valence-corrected chi connectivity index (χ3v) is 2.33. The van der Waals surface area contributed by atoms with Crippen LogP contribution in [0.2, 0.25) is 0 Å². The summed E-state index contributed by atoms with van der Waals surface area (Å²) in [4.78, 5) is 11.4. The van der Waals surface area contributed by atoms with Crippen molar-refractivity contribution < 1.29 is 14.6 Å². The van der Waals surface area contributed by atoms with Crippen LogP contribution >= 0.6 is 0 Å². The fourth-order valence-corrected chi connectivity index (χ4v) is 1.71. The van der Waals surface area contributed by atoms with E-state index in [1.54, 1.807) is 0 Å². The molecular formula is C10H18O3. The number of aliphatic hydroxyl groups excluding tert-OH is 1. The molecular weight excluding hydrogens is 168 g/mol. The molecule has 0 aromatic heterocycles. The Morgan fingerprint density at radius 1 is 1.46 bits per heavy atom. The maximum atomic E-state index is 11.4. The summed E-state index contributed by atoms with van der Waals surface area (Å²) in [6.45, 7) is 3.69. The molecule has 1 rings (SSSR count). The largest absolute Gasteiger partial charge is 0.463 e. The first-order chi connectivity index (χ1) is 6.09. The van der Waals surface area contributed by atoms with E-state index in [0.29, 0.717) is 6.42 Å². The Bertz CT molecular complexity index is 177. The van der Waals surface area contributed by atoms with Gasteiger partial charge in [-0.15, -0.1) is 0 Å². The van der Waals surface area contributed by atoms with Crippen molar-refractivity contribution in [3.8, 4) is 0 Å². The average Bonchev–Trinajstić information content (AvgIpc) is 2.03. The van der Waals surface area contributed by atoms with Crippen molar-refractivity contribution in [3.63, 3.8) is 0 Å². The minimum Gasteiger partial charge on any atom is -0.463 e. The molecule has 0 aliphatic heterocycles. The van der Waals surface area contributed by atoms with Gasteiger partial charge in [-0.25, -0.2) is 0 Å². The van der Waals surface area contributed by atoms with Gasteiger partial charge in [0.05, 0.1) is 18.1 Å². The third-order valence-electron chi connectivity index (χ3n) is 2.33. The van der Waals surface area contributed by atoms with Gasteiger partial charge in [0, 0.05) is 0 Å². The second-order valence-corrected chi connectivity index (χ2v) is 4.00. The lowest BCUT2D eigenvalue weighted by Crippen LogP contribution is -2.28. The molecule has 1 aliphatic rings. The van der Waals surface area contributed by atoms with E-state index in [1.165, 1.54) is 0 Å². The Labute approximate surface area is 79.1 Å². The van der Waals surface area contributed by atoms with E-state index < -0.39 is 0 Å². The smallest absolute Gasteiger partial charge is 0.309 e. The molecule has 0 radical (unpaired) electrons. The maximum Gasteiger partial charge on any atom is 0.309 e. The van der Waals surface area contributed by atoms with Crippen LogP contribution in [0.5, 0.6) is 0 Å². The molecule has 0 bridgehead atoms. The van der Waals surface area contributed by atoms with Crippen LogP contribution in [0.1, 0.15) is 39.5 Å². The Morgan fingerprint density at radius 2 is 2.15 bits per heavy atom. The Morgan fingerprint density at radius 3 is 2.69 bits per heavy atom. The molecule has 0 aromatic carbocycles. The zero-order chi connectivity index (χ0) is 9.84. The number of esters is 1. The Kier molecular flexibility index (Phi) is 3.72. The van der Waals surface area contributed by atoms with Crippen LogP contribution in [0.4, 0.5) is 0 Å². The molecule has 76 valence electrons. The van der Waals surface area contributed by atoms with Crippen molar-refractivity contribution >= 4 is 5.97 Å². The molecule has 3 nitrogen and oxygen atoms in total. The van der Waals surface area contributed by atoms with Crippen molar-refractivity contribution in [2.24, 2.45) is 5.92 Å². The van der Waals surface area contributed by atoms with Crippen LogP contribution in [0.3, 0.4) is 0 Å². The molecule has 0 saturated heterocycles. The zero-order valence-electron chi connectivity index (χ0n) is 8.32. The second kappa shape index (κ2) is 4.61. The molecule has 1 N–H and O–H groups in total. The first kappa shape index (κ1) is 10.5. The summed E-state index contributed by atoms with van der Waals surface area (Å²) in [6, 6.07) is 0. The lowest BCUT2D eigenvalue weighted by atomic mass is 9.87. The van der Waals surface area contributed by atoms with Crippen molar-refractivity contribution in [2.75, 3.05) is 0 Å². The van der Waals surface area contributed by atoms with E-state index in [4.69, 9.17) is 4.74 Å². The number of aliphatic hydroxyl groups is 1. The molecule has 0 heterocycles. The van der Waals surface area contributed by atoms with Crippen LogP contribution < -0.4 is 0 Å². The summed E-state index contributed by atoms with van der Waals surface area (Å²) >= 11 is 0. The Hall–Kier alpha value is -0.570. The molecule has 0 aromatic rings. The molecule has 3 heteroatoms. The van der Waals surface area contributed by atoms with Gasteiger partial charge in [0.25, 0.3) is 0 Å². The van der Waals surface area contributed by atoms with Gasteiger partial charge in [-0.05, 0) is 33.1 Å². The van der Waals surface area contributed by atoms with E-state index in [9.17, 15) is 9.90 Å². The van der Waals surface area contributed by atoms with Crippen LogP contribution in [0.15, 0.2) is 0 Å². The molecule has 0 spiro atoms. The van der Waals surface area contributed by atoms with E-state index in [0.717, 1.165) is 19.3 Å². The first-order valence-corrected chi connectivity index (χ1v) is 4.98. The van der Waals surface area contributed by atoms with E-state index in [1.807, 2.05) is 13.8 Å². The lowest BCUT2D eigenvalue weighted by molar-refractivity contribution is -0.154. The minimum absolute atomic E-state index is 0.0495. The summed E-state index contributed by atoms with van der Waals surface area (Å²) in [7, 11) is 0. The van der Waals surface area contributed by atoms with Crippen LogP contribution in [0.25, 0.3) is 0 Å². The summed E-state index contributed by atoms with van der Waals surface area (Å²) in [5, 5.41) is 9.35. The normalized spacial score (nSPS) is 28.9. The standard InChI is InChI=1S/C10H18O3/c1-7(2)13-10(12)8-4-3-5-9(11)6-8/h7-9,11H,3-6H2,1-2H3/t8?,9-/m1/s1. The fraction of sp³-hybridized carbons (Fsp3) is 0.900. The van der Waals surface area contributed by atoms with Gasteiger partial charge >= 0.3 is 5.97 Å². The van der Waals surface area contributed by atoms with Gasteiger partial charge in [0.1, 0.15) is 0 Å². The SMILES string of the molecule is CC(C)OC(=O)C1CCC[C@@H](O)C1. The van der Waals surface area contributed by atoms with E-state index >= 15 is 0 Å². The number of hydrogen-bond acceptors (Lipinski definition) is 3. The van der Waals surface area contributed by atoms with Gasteiger partial charge in [-0.1, -0.05) is 6.42 Å². The van der Waals surface area contributed by atoms with Crippen molar-refractivity contribution in [1.29, 1.82) is 0 Å². The summed E-state index contributed by atoms with van der Waals surface area (Å²) in [6.07, 6.45) is 2.84. The molecule has 13 heavy (non-hydrogen) atoms. The quantitative estimate of drug-likeness (QED) is 0.664. The highest BCUT2D eigenvalue weighted by Crippen LogP contribution is 2.25. The number of carbonyl (C=O) groups is 1. The number of rotatable bonds is 2. The highest BCUT2D eigenvalue weighted by molar-refractivity contribution is 5.72. The van der Waals surface area contributed by atoms with E-state index in [2.05, 4.69) is 0 Å². The summed E-state index contributed by atoms with van der Waals surface area (Å²) < 4.78 is 5.09. The second-order valence-electron chi connectivity index (χ2n) is 4.00. The lowest BCUT2D eigenvalue weighted by Gasteiger charge is -2.24. The summed E-state index contributed by atoms with van der Waals surface area (Å²) in [5.41, 5.74) is 0. The van der Waals surface area contributed by atoms with Crippen LogP contribution in [-0.2, 0) is 9.53 Å². The molecule has 1 fully saturated rings. The monoisotopic (exact) mass is 186 g/mol. The highest BCUT2D eigenvalue weighted by Gasteiger charge is 2.27. The van der Waals surface area contributed by atoms with Crippen molar-refractivity contribution in [2.45, 2.75) is 51.7 Å². The minimum atomic E-state index is -0.307. The average molecular weight is 186 g/mol. The van der Waals surface area contributed by atoms with Gasteiger partial charge in [0.15, 0.2) is 0 Å². The third kappa shape index (κ3) is 3.35.